The zero-order valence-corrected chi connectivity index (χ0v) is 13.1. The first-order chi connectivity index (χ1) is 10.3. The van der Waals surface area contributed by atoms with Crippen LogP contribution in [0.4, 0.5) is 9.18 Å². The van der Waals surface area contributed by atoms with E-state index < -0.39 is 5.60 Å². The third-order valence-corrected chi connectivity index (χ3v) is 3.37. The van der Waals surface area contributed by atoms with Crippen molar-refractivity contribution in [2.75, 3.05) is 20.1 Å². The van der Waals surface area contributed by atoms with Crippen molar-refractivity contribution in [3.63, 3.8) is 0 Å². The number of carbonyl (C=O) groups is 1. The Morgan fingerprint density at radius 2 is 2.18 bits per heavy atom. The topological polar surface area (TPSA) is 68.4 Å². The number of aromatic nitrogens is 1. The van der Waals surface area contributed by atoms with Crippen molar-refractivity contribution < 1.29 is 14.3 Å². The van der Waals surface area contributed by atoms with E-state index in [9.17, 15) is 14.3 Å². The molecule has 5 nitrogen and oxygen atoms in total. The van der Waals surface area contributed by atoms with E-state index in [1.165, 1.54) is 17.0 Å². The summed E-state index contributed by atoms with van der Waals surface area (Å²) >= 11 is 0. The van der Waals surface area contributed by atoms with Crippen LogP contribution in [0.15, 0.2) is 24.4 Å². The molecule has 0 spiro atoms. The predicted molar refractivity (Wildman–Crippen MR) is 84.3 cm³/mol. The van der Waals surface area contributed by atoms with Crippen molar-refractivity contribution in [3.05, 3.63) is 35.8 Å². The van der Waals surface area contributed by atoms with Gasteiger partial charge in [-0.1, -0.05) is 0 Å². The van der Waals surface area contributed by atoms with Gasteiger partial charge in [0.15, 0.2) is 0 Å². The zero-order chi connectivity index (χ0) is 16.3. The first-order valence-corrected chi connectivity index (χ1v) is 7.23. The SMILES string of the molecule is CN(CC(C)(C)O)C(=O)NCCc1c[nH]c2cc(F)ccc12. The predicted octanol–water partition coefficient (Wildman–Crippen LogP) is 2.26. The Bertz CT molecular complexity index is 661. The lowest BCUT2D eigenvalue weighted by atomic mass is 10.1. The normalized spacial score (nSPS) is 11.7. The van der Waals surface area contributed by atoms with Gasteiger partial charge in [-0.3, -0.25) is 0 Å². The third kappa shape index (κ3) is 4.21. The van der Waals surface area contributed by atoms with Crippen LogP contribution in [0.1, 0.15) is 19.4 Å². The lowest BCUT2D eigenvalue weighted by Gasteiger charge is -2.25. The average Bonchev–Trinajstić information content (AvgIpc) is 2.79. The number of aromatic amines is 1. The van der Waals surface area contributed by atoms with Crippen LogP contribution in [0.25, 0.3) is 10.9 Å². The van der Waals surface area contributed by atoms with Crippen molar-refractivity contribution in [3.8, 4) is 0 Å². The molecule has 0 atom stereocenters. The number of hydrogen-bond donors (Lipinski definition) is 3. The van der Waals surface area contributed by atoms with E-state index in [-0.39, 0.29) is 18.4 Å². The van der Waals surface area contributed by atoms with Crippen LogP contribution in [-0.2, 0) is 6.42 Å². The second kappa shape index (κ2) is 6.36. The van der Waals surface area contributed by atoms with Gasteiger partial charge in [0.05, 0.1) is 12.1 Å². The summed E-state index contributed by atoms with van der Waals surface area (Å²) in [5, 5.41) is 13.5. The Hall–Kier alpha value is -2.08. The van der Waals surface area contributed by atoms with Gasteiger partial charge in [-0.25, -0.2) is 9.18 Å². The molecule has 0 aliphatic rings. The summed E-state index contributed by atoms with van der Waals surface area (Å²) in [6, 6.07) is 4.39. The van der Waals surface area contributed by atoms with E-state index in [1.54, 1.807) is 27.0 Å². The Kier molecular flexibility index (Phi) is 4.71. The molecule has 2 amide bonds. The standard InChI is InChI=1S/C16H22FN3O2/c1-16(2,22)10-20(3)15(21)18-7-6-11-9-19-14-8-12(17)4-5-13(11)14/h4-5,8-9,19,22H,6-7,10H2,1-3H3,(H,18,21). The summed E-state index contributed by atoms with van der Waals surface area (Å²) in [4.78, 5) is 16.4. The minimum atomic E-state index is -0.924. The lowest BCUT2D eigenvalue weighted by Crippen LogP contribution is -2.45. The Balaban J connectivity index is 1.89. The van der Waals surface area contributed by atoms with Gasteiger partial charge in [-0.2, -0.15) is 0 Å². The molecule has 120 valence electrons. The van der Waals surface area contributed by atoms with E-state index >= 15 is 0 Å². The van der Waals surface area contributed by atoms with Gasteiger partial charge >= 0.3 is 6.03 Å². The molecule has 0 saturated carbocycles. The summed E-state index contributed by atoms with van der Waals surface area (Å²) in [5.41, 5.74) is 0.855. The van der Waals surface area contributed by atoms with Crippen molar-refractivity contribution in [2.45, 2.75) is 25.9 Å². The highest BCUT2D eigenvalue weighted by Crippen LogP contribution is 2.19. The number of halogens is 1. The van der Waals surface area contributed by atoms with E-state index in [1.807, 2.05) is 6.20 Å². The molecule has 1 aromatic heterocycles. The van der Waals surface area contributed by atoms with Gasteiger partial charge in [0.25, 0.3) is 0 Å². The second-order valence-corrected chi connectivity index (χ2v) is 6.15. The number of hydrogen-bond acceptors (Lipinski definition) is 2. The molecular weight excluding hydrogens is 285 g/mol. The molecule has 0 fully saturated rings. The van der Waals surface area contributed by atoms with Gasteiger partial charge in [-0.15, -0.1) is 0 Å². The summed E-state index contributed by atoms with van der Waals surface area (Å²) in [6.07, 6.45) is 2.48. The highest BCUT2D eigenvalue weighted by molar-refractivity contribution is 5.83. The number of rotatable bonds is 5. The largest absolute Gasteiger partial charge is 0.389 e. The quantitative estimate of drug-likeness (QED) is 0.793. The summed E-state index contributed by atoms with van der Waals surface area (Å²) in [7, 11) is 1.64. The molecule has 0 radical (unpaired) electrons. The Labute approximate surface area is 129 Å². The van der Waals surface area contributed by atoms with Crippen LogP contribution in [0.5, 0.6) is 0 Å². The lowest BCUT2D eigenvalue weighted by molar-refractivity contribution is 0.0532. The van der Waals surface area contributed by atoms with Crippen LogP contribution < -0.4 is 5.32 Å². The fourth-order valence-corrected chi connectivity index (χ4v) is 2.46. The number of nitrogens with one attached hydrogen (secondary N) is 2. The van der Waals surface area contributed by atoms with Gasteiger partial charge in [0.1, 0.15) is 5.82 Å². The highest BCUT2D eigenvalue weighted by Gasteiger charge is 2.19. The van der Waals surface area contributed by atoms with Crippen molar-refractivity contribution >= 4 is 16.9 Å². The minimum Gasteiger partial charge on any atom is -0.389 e. The number of H-pyrrole nitrogens is 1. The van der Waals surface area contributed by atoms with Crippen LogP contribution in [0.2, 0.25) is 0 Å². The van der Waals surface area contributed by atoms with E-state index in [0.29, 0.717) is 13.0 Å². The van der Waals surface area contributed by atoms with Crippen LogP contribution in [0.3, 0.4) is 0 Å². The molecule has 0 bridgehead atoms. The fraction of sp³-hybridized carbons (Fsp3) is 0.438. The summed E-state index contributed by atoms with van der Waals surface area (Å²) in [5.74, 6) is -0.276. The molecule has 0 aliphatic heterocycles. The first-order valence-electron chi connectivity index (χ1n) is 7.23. The van der Waals surface area contributed by atoms with Gasteiger partial charge < -0.3 is 20.3 Å². The Morgan fingerprint density at radius 3 is 2.86 bits per heavy atom. The molecule has 1 aromatic carbocycles. The van der Waals surface area contributed by atoms with Crippen molar-refractivity contribution in [1.82, 2.24) is 15.2 Å². The number of nitrogens with zero attached hydrogens (tertiary/aromatic N) is 1. The number of carbonyl (C=O) groups excluding carboxylic acids is 1. The first kappa shape index (κ1) is 16.3. The third-order valence-electron chi connectivity index (χ3n) is 3.37. The second-order valence-electron chi connectivity index (χ2n) is 6.15. The maximum atomic E-state index is 13.1. The van der Waals surface area contributed by atoms with Crippen LogP contribution in [-0.4, -0.2) is 46.8 Å². The molecule has 0 saturated heterocycles. The van der Waals surface area contributed by atoms with E-state index in [4.69, 9.17) is 0 Å². The number of amides is 2. The maximum Gasteiger partial charge on any atom is 0.317 e. The average molecular weight is 307 g/mol. The minimum absolute atomic E-state index is 0.229. The molecule has 6 heteroatoms. The monoisotopic (exact) mass is 307 g/mol. The van der Waals surface area contributed by atoms with Crippen LogP contribution >= 0.6 is 0 Å². The summed E-state index contributed by atoms with van der Waals surface area (Å²) < 4.78 is 13.1. The number of likely N-dealkylation sites (N-methyl/N-ethyl adjacent to an activating group) is 1. The summed E-state index contributed by atoms with van der Waals surface area (Å²) in [6.45, 7) is 4.04. The molecule has 1 heterocycles. The Morgan fingerprint density at radius 1 is 1.45 bits per heavy atom. The maximum absolute atomic E-state index is 13.1. The van der Waals surface area contributed by atoms with Gasteiger partial charge in [0.2, 0.25) is 0 Å². The molecule has 2 rings (SSSR count). The van der Waals surface area contributed by atoms with Gasteiger partial charge in [0, 0.05) is 30.7 Å². The van der Waals surface area contributed by atoms with E-state index in [0.717, 1.165) is 16.5 Å². The van der Waals surface area contributed by atoms with Crippen molar-refractivity contribution in [1.29, 1.82) is 0 Å². The highest BCUT2D eigenvalue weighted by atomic mass is 19.1. The number of benzene rings is 1. The molecule has 0 aliphatic carbocycles. The molecular formula is C16H22FN3O2. The molecule has 22 heavy (non-hydrogen) atoms. The van der Waals surface area contributed by atoms with Gasteiger partial charge in [-0.05, 0) is 44.0 Å². The fourth-order valence-electron chi connectivity index (χ4n) is 2.46. The van der Waals surface area contributed by atoms with Crippen molar-refractivity contribution in [2.24, 2.45) is 0 Å². The zero-order valence-electron chi connectivity index (χ0n) is 13.1. The molecule has 3 N–H and O–H groups in total. The number of fused-ring (bicyclic) bond motifs is 1. The molecule has 2 aromatic rings. The number of aliphatic hydroxyl groups is 1. The smallest absolute Gasteiger partial charge is 0.317 e. The van der Waals surface area contributed by atoms with Crippen LogP contribution in [0, 0.1) is 5.82 Å². The van der Waals surface area contributed by atoms with E-state index in [2.05, 4.69) is 10.3 Å². The molecule has 0 unspecified atom stereocenters. The number of urea groups is 1.